The molecule has 152 valence electrons. The van der Waals surface area contributed by atoms with E-state index in [0.717, 1.165) is 49.2 Å². The molecule has 1 saturated carbocycles. The van der Waals surface area contributed by atoms with Gasteiger partial charge in [-0.25, -0.2) is 26.9 Å². The van der Waals surface area contributed by atoms with Crippen molar-refractivity contribution in [3.8, 4) is 0 Å². The normalized spacial score (nSPS) is 15.0. The van der Waals surface area contributed by atoms with Gasteiger partial charge in [0.1, 0.15) is 22.9 Å². The third kappa shape index (κ3) is 4.98. The van der Waals surface area contributed by atoms with Crippen LogP contribution in [0.2, 0.25) is 0 Å². The molecule has 3 rings (SSSR count). The topological polar surface area (TPSA) is 67.5 Å². The first-order valence-corrected chi connectivity index (χ1v) is 8.65. The lowest BCUT2D eigenvalue weighted by molar-refractivity contribution is 0.101. The minimum absolute atomic E-state index is 0.0418. The molecule has 0 bridgehead atoms. The number of anilines is 1. The lowest BCUT2D eigenvalue weighted by atomic mass is 10.1. The maximum Gasteiger partial charge on any atom is 0.280 e. The highest BCUT2D eigenvalue weighted by atomic mass is 19.3. The number of carbonyl (C=O) groups excluding carboxylic acids is 1. The van der Waals surface area contributed by atoms with Gasteiger partial charge >= 0.3 is 0 Å². The second-order valence-electron chi connectivity index (χ2n) is 6.47. The van der Waals surface area contributed by atoms with Crippen molar-refractivity contribution in [2.24, 2.45) is 16.6 Å². The van der Waals surface area contributed by atoms with E-state index in [1.54, 1.807) is 0 Å². The largest absolute Gasteiger partial charge is 0.402 e. The van der Waals surface area contributed by atoms with Crippen LogP contribution in [0.3, 0.4) is 0 Å². The second-order valence-corrected chi connectivity index (χ2v) is 6.47. The number of amides is 1. The predicted molar refractivity (Wildman–Crippen MR) is 98.8 cm³/mol. The predicted octanol–water partition coefficient (Wildman–Crippen LogP) is 4.95. The van der Waals surface area contributed by atoms with Crippen LogP contribution in [-0.4, -0.2) is 18.0 Å². The molecule has 2 aromatic rings. The van der Waals surface area contributed by atoms with Crippen LogP contribution in [0.5, 0.6) is 0 Å². The fourth-order valence-corrected chi connectivity index (χ4v) is 2.57. The van der Waals surface area contributed by atoms with Gasteiger partial charge in [0.05, 0.1) is 5.69 Å². The van der Waals surface area contributed by atoms with Crippen molar-refractivity contribution in [1.29, 1.82) is 0 Å². The molecule has 2 aromatic carbocycles. The molecule has 0 radical (unpaired) electrons. The number of halogens is 5. The fraction of sp³-hybridized carbons (Fsp3) is 0.200. The van der Waals surface area contributed by atoms with E-state index in [1.807, 2.05) is 0 Å². The molecule has 0 unspecified atom stereocenters. The number of allylic oxidation sites excluding steroid dienone is 2. The molecule has 9 heteroatoms. The summed E-state index contributed by atoms with van der Waals surface area (Å²) in [6, 6.07) is 5.96. The zero-order valence-corrected chi connectivity index (χ0v) is 14.9. The van der Waals surface area contributed by atoms with Gasteiger partial charge in [-0.2, -0.15) is 0 Å². The van der Waals surface area contributed by atoms with Gasteiger partial charge in [0.2, 0.25) is 0 Å². The smallest absolute Gasteiger partial charge is 0.280 e. The third-order valence-electron chi connectivity index (χ3n) is 4.23. The second kappa shape index (κ2) is 8.42. The number of alkyl halides is 2. The van der Waals surface area contributed by atoms with Crippen LogP contribution in [0.4, 0.5) is 33.3 Å². The first kappa shape index (κ1) is 20.5. The molecule has 1 aliphatic carbocycles. The molecule has 1 amide bonds. The minimum Gasteiger partial charge on any atom is -0.402 e. The minimum atomic E-state index is -2.96. The first-order valence-electron chi connectivity index (χ1n) is 8.65. The Kier molecular flexibility index (Phi) is 5.95. The first-order chi connectivity index (χ1) is 13.8. The van der Waals surface area contributed by atoms with Crippen LogP contribution in [0.1, 0.15) is 23.2 Å². The number of nitrogens with two attached hydrogens (primary N) is 1. The van der Waals surface area contributed by atoms with Gasteiger partial charge in [-0.15, -0.1) is 0 Å². The van der Waals surface area contributed by atoms with Crippen molar-refractivity contribution in [1.82, 2.24) is 0 Å². The monoisotopic (exact) mass is 409 g/mol. The van der Waals surface area contributed by atoms with Crippen molar-refractivity contribution < 1.29 is 26.7 Å². The van der Waals surface area contributed by atoms with E-state index in [9.17, 15) is 26.7 Å². The van der Waals surface area contributed by atoms with Crippen molar-refractivity contribution in [2.75, 3.05) is 5.32 Å². The standard InChI is InChI=1S/C20H16F5N3O/c21-12-2-1-3-13(22)18(12)20(29)27-11-6-7-16(14(23)8-11)28-17(19(24)25)9-15(26)10-4-5-10/h1-3,6-10,19H,4-5,26H2,(H,27,29). The van der Waals surface area contributed by atoms with E-state index in [2.05, 4.69) is 10.3 Å². The number of benzene rings is 2. The summed E-state index contributed by atoms with van der Waals surface area (Å²) in [5.41, 5.74) is 3.95. The molecule has 0 spiro atoms. The summed E-state index contributed by atoms with van der Waals surface area (Å²) in [7, 11) is 0. The molecule has 3 N–H and O–H groups in total. The maximum absolute atomic E-state index is 14.3. The lowest BCUT2D eigenvalue weighted by Gasteiger charge is -2.09. The number of aliphatic imine (C=N–C) groups is 1. The van der Waals surface area contributed by atoms with Gasteiger partial charge in [0.15, 0.2) is 5.82 Å². The Morgan fingerprint density at radius 3 is 2.31 bits per heavy atom. The van der Waals surface area contributed by atoms with Gasteiger partial charge in [0, 0.05) is 11.4 Å². The van der Waals surface area contributed by atoms with Gasteiger partial charge in [-0.05, 0) is 55.2 Å². The number of nitrogens with zero attached hydrogens (tertiary/aromatic N) is 1. The van der Waals surface area contributed by atoms with Crippen molar-refractivity contribution in [2.45, 2.75) is 19.3 Å². The molecular weight excluding hydrogens is 393 g/mol. The zero-order valence-electron chi connectivity index (χ0n) is 14.9. The average Bonchev–Trinajstić information content (AvgIpc) is 3.48. The molecule has 0 aliphatic heterocycles. The van der Waals surface area contributed by atoms with Crippen LogP contribution in [0.25, 0.3) is 0 Å². The zero-order chi connectivity index (χ0) is 21.1. The molecule has 0 atom stereocenters. The quantitative estimate of drug-likeness (QED) is 0.524. The highest BCUT2D eigenvalue weighted by Crippen LogP contribution is 2.34. The summed E-state index contributed by atoms with van der Waals surface area (Å²) in [6.07, 6.45) is -0.303. The number of rotatable bonds is 6. The summed E-state index contributed by atoms with van der Waals surface area (Å²) in [5.74, 6) is -4.24. The third-order valence-corrected chi connectivity index (χ3v) is 4.23. The van der Waals surface area contributed by atoms with Gasteiger partial charge in [-0.3, -0.25) is 4.79 Å². The number of hydrogen-bond donors (Lipinski definition) is 2. The van der Waals surface area contributed by atoms with E-state index in [0.29, 0.717) is 0 Å². The Bertz CT molecular complexity index is 979. The van der Waals surface area contributed by atoms with Crippen LogP contribution >= 0.6 is 0 Å². The molecule has 0 aromatic heterocycles. The van der Waals surface area contributed by atoms with E-state index in [4.69, 9.17) is 5.73 Å². The van der Waals surface area contributed by atoms with E-state index in [1.165, 1.54) is 6.07 Å². The Labute approximate surface area is 162 Å². The van der Waals surface area contributed by atoms with Crippen LogP contribution in [-0.2, 0) is 0 Å². The molecule has 1 aliphatic rings. The van der Waals surface area contributed by atoms with Crippen LogP contribution in [0, 0.1) is 23.4 Å². The van der Waals surface area contributed by atoms with Gasteiger partial charge in [-0.1, -0.05) is 6.07 Å². The average molecular weight is 409 g/mol. The van der Waals surface area contributed by atoms with E-state index < -0.39 is 46.7 Å². The summed E-state index contributed by atoms with van der Waals surface area (Å²) >= 11 is 0. The Morgan fingerprint density at radius 2 is 1.76 bits per heavy atom. The molecule has 1 fully saturated rings. The summed E-state index contributed by atoms with van der Waals surface area (Å²) in [5, 5.41) is 2.15. The molecule has 4 nitrogen and oxygen atoms in total. The van der Waals surface area contributed by atoms with E-state index in [-0.39, 0.29) is 17.3 Å². The lowest BCUT2D eigenvalue weighted by Crippen LogP contribution is -2.16. The maximum atomic E-state index is 14.3. The van der Waals surface area contributed by atoms with Gasteiger partial charge in [0.25, 0.3) is 12.3 Å². The Hall–Kier alpha value is -3.23. The Balaban J connectivity index is 1.82. The highest BCUT2D eigenvalue weighted by molar-refractivity contribution is 6.04. The summed E-state index contributed by atoms with van der Waals surface area (Å²) < 4.78 is 68.0. The summed E-state index contributed by atoms with van der Waals surface area (Å²) in [4.78, 5) is 15.7. The molecule has 29 heavy (non-hydrogen) atoms. The fourth-order valence-electron chi connectivity index (χ4n) is 2.57. The van der Waals surface area contributed by atoms with Crippen LogP contribution < -0.4 is 11.1 Å². The van der Waals surface area contributed by atoms with Crippen molar-refractivity contribution in [3.05, 3.63) is 71.2 Å². The molecule has 0 saturated heterocycles. The molecular formula is C20H16F5N3O. The Morgan fingerprint density at radius 1 is 1.10 bits per heavy atom. The van der Waals surface area contributed by atoms with Gasteiger partial charge < -0.3 is 11.1 Å². The van der Waals surface area contributed by atoms with Crippen LogP contribution in [0.15, 0.2) is 53.2 Å². The van der Waals surface area contributed by atoms with E-state index >= 15 is 0 Å². The number of hydrogen-bond acceptors (Lipinski definition) is 3. The van der Waals surface area contributed by atoms with Crippen molar-refractivity contribution in [3.63, 3.8) is 0 Å². The summed E-state index contributed by atoms with van der Waals surface area (Å²) in [6.45, 7) is 0. The number of nitrogens with one attached hydrogen (secondary N) is 1. The highest BCUT2D eigenvalue weighted by Gasteiger charge is 2.25. The molecule has 0 heterocycles. The SMILES string of the molecule is NC(=CC(=Nc1ccc(NC(=O)c2c(F)cccc2F)cc1F)C(F)F)C1CC1. The van der Waals surface area contributed by atoms with Crippen molar-refractivity contribution >= 4 is 23.0 Å². The number of carbonyl (C=O) groups is 1.